The lowest BCUT2D eigenvalue weighted by molar-refractivity contribution is -0.921. The molecule has 1 aliphatic heterocycles. The van der Waals surface area contributed by atoms with Crippen molar-refractivity contribution in [3.8, 4) is 0 Å². The van der Waals surface area contributed by atoms with Crippen LogP contribution >= 0.6 is 23.2 Å². The van der Waals surface area contributed by atoms with Gasteiger partial charge < -0.3 is 15.0 Å². The molecule has 0 atom stereocenters. The number of hydrogen-bond donors (Lipinski definition) is 2. The largest absolute Gasteiger partial charge is 0.370 e. The highest BCUT2D eigenvalue weighted by molar-refractivity contribution is 6.42. The van der Waals surface area contributed by atoms with Crippen LogP contribution < -0.4 is 10.2 Å². The molecule has 4 nitrogen and oxygen atoms in total. The molecule has 2 aromatic rings. The second kappa shape index (κ2) is 9.90. The van der Waals surface area contributed by atoms with Gasteiger partial charge in [-0.1, -0.05) is 59.6 Å². The number of benzene rings is 2. The fourth-order valence-electron chi connectivity index (χ4n) is 3.06. The summed E-state index contributed by atoms with van der Waals surface area (Å²) < 4.78 is 5.42. The summed E-state index contributed by atoms with van der Waals surface area (Å²) in [6, 6.07) is 13.6. The molecule has 27 heavy (non-hydrogen) atoms. The standard InChI is InChI=1S/C21H22Cl2N2O2/c22-19-7-3-6-16(21(19)23)8-9-20(26)24-14-17-4-1-2-5-18(17)15-25-10-12-27-13-11-25/h1-9H,10-15H2,(H,24,26)/p+1/b9-8+. The van der Waals surface area contributed by atoms with E-state index in [2.05, 4.69) is 17.4 Å². The first-order valence-electron chi connectivity index (χ1n) is 9.01. The van der Waals surface area contributed by atoms with Gasteiger partial charge in [-0.05, 0) is 23.3 Å². The number of carbonyl (C=O) groups excluding carboxylic acids is 1. The van der Waals surface area contributed by atoms with E-state index in [-0.39, 0.29) is 5.91 Å². The van der Waals surface area contributed by atoms with Gasteiger partial charge in [0.2, 0.25) is 5.91 Å². The summed E-state index contributed by atoms with van der Waals surface area (Å²) in [5, 5.41) is 3.86. The second-order valence-corrected chi connectivity index (χ2v) is 7.29. The fourth-order valence-corrected chi connectivity index (χ4v) is 3.44. The van der Waals surface area contributed by atoms with Gasteiger partial charge in [0.1, 0.15) is 19.6 Å². The fraction of sp³-hybridized carbons (Fsp3) is 0.286. The molecular weight excluding hydrogens is 383 g/mol. The van der Waals surface area contributed by atoms with Crippen LogP contribution in [0.4, 0.5) is 0 Å². The third kappa shape index (κ3) is 5.81. The Labute approximate surface area is 169 Å². The quantitative estimate of drug-likeness (QED) is 0.725. The van der Waals surface area contributed by atoms with E-state index in [0.717, 1.165) is 44.0 Å². The van der Waals surface area contributed by atoms with Crippen LogP contribution in [0.2, 0.25) is 10.0 Å². The van der Waals surface area contributed by atoms with E-state index in [9.17, 15) is 4.79 Å². The molecule has 1 fully saturated rings. The Hall–Kier alpha value is -1.85. The Morgan fingerprint density at radius 2 is 1.81 bits per heavy atom. The van der Waals surface area contributed by atoms with E-state index >= 15 is 0 Å². The van der Waals surface area contributed by atoms with Gasteiger partial charge in [0.25, 0.3) is 0 Å². The maximum atomic E-state index is 12.2. The zero-order valence-electron chi connectivity index (χ0n) is 15.0. The van der Waals surface area contributed by atoms with E-state index in [4.69, 9.17) is 27.9 Å². The van der Waals surface area contributed by atoms with Crippen molar-refractivity contribution >= 4 is 35.2 Å². The first kappa shape index (κ1) is 19.9. The number of nitrogens with one attached hydrogen (secondary N) is 2. The highest BCUT2D eigenvalue weighted by atomic mass is 35.5. The first-order chi connectivity index (χ1) is 13.1. The van der Waals surface area contributed by atoms with Gasteiger partial charge in [0.05, 0.1) is 23.3 Å². The molecule has 0 bridgehead atoms. The third-order valence-corrected chi connectivity index (χ3v) is 5.44. The summed E-state index contributed by atoms with van der Waals surface area (Å²) in [4.78, 5) is 13.7. The predicted molar refractivity (Wildman–Crippen MR) is 109 cm³/mol. The van der Waals surface area contributed by atoms with Crippen molar-refractivity contribution in [2.45, 2.75) is 13.1 Å². The molecule has 0 aliphatic carbocycles. The molecule has 1 aliphatic rings. The minimum Gasteiger partial charge on any atom is -0.370 e. The van der Waals surface area contributed by atoms with Crippen LogP contribution in [0.5, 0.6) is 0 Å². The Morgan fingerprint density at radius 1 is 1.07 bits per heavy atom. The molecule has 3 rings (SSSR count). The molecule has 6 heteroatoms. The molecule has 142 valence electrons. The highest BCUT2D eigenvalue weighted by Crippen LogP contribution is 2.26. The zero-order valence-corrected chi connectivity index (χ0v) is 16.5. The van der Waals surface area contributed by atoms with Crippen molar-refractivity contribution in [1.82, 2.24) is 5.32 Å². The minimum absolute atomic E-state index is 0.167. The van der Waals surface area contributed by atoms with Crippen LogP contribution in [-0.2, 0) is 22.6 Å². The number of morpholine rings is 1. The molecule has 0 aromatic heterocycles. The SMILES string of the molecule is O=C(/C=C/c1cccc(Cl)c1Cl)NCc1ccccc1C[NH+]1CCOCC1. The minimum atomic E-state index is -0.167. The van der Waals surface area contributed by atoms with E-state index in [1.54, 1.807) is 18.2 Å². The van der Waals surface area contributed by atoms with Crippen LogP contribution in [0, 0.1) is 0 Å². The number of quaternary nitrogens is 1. The van der Waals surface area contributed by atoms with Crippen LogP contribution in [0.3, 0.4) is 0 Å². The third-order valence-electron chi connectivity index (χ3n) is 4.61. The number of halogens is 2. The number of hydrogen-bond acceptors (Lipinski definition) is 2. The number of carbonyl (C=O) groups is 1. The van der Waals surface area contributed by atoms with Crippen molar-refractivity contribution in [3.05, 3.63) is 75.3 Å². The molecule has 1 amide bonds. The lowest BCUT2D eigenvalue weighted by Crippen LogP contribution is -3.12. The molecular formula is C21H23Cl2N2O2+. The van der Waals surface area contributed by atoms with Crippen LogP contribution in [0.15, 0.2) is 48.5 Å². The van der Waals surface area contributed by atoms with Crippen molar-refractivity contribution in [1.29, 1.82) is 0 Å². The molecule has 1 heterocycles. The average molecular weight is 406 g/mol. The van der Waals surface area contributed by atoms with Crippen molar-refractivity contribution in [2.75, 3.05) is 26.3 Å². The first-order valence-corrected chi connectivity index (χ1v) is 9.77. The van der Waals surface area contributed by atoms with Gasteiger partial charge >= 0.3 is 0 Å². The summed E-state index contributed by atoms with van der Waals surface area (Å²) in [5.74, 6) is -0.167. The summed E-state index contributed by atoms with van der Waals surface area (Å²) >= 11 is 12.1. The van der Waals surface area contributed by atoms with Crippen molar-refractivity contribution in [3.63, 3.8) is 0 Å². The lowest BCUT2D eigenvalue weighted by Gasteiger charge is -2.24. The molecule has 2 aromatic carbocycles. The Balaban J connectivity index is 1.58. The van der Waals surface area contributed by atoms with E-state index < -0.39 is 0 Å². The predicted octanol–water partition coefficient (Wildman–Crippen LogP) is 2.74. The lowest BCUT2D eigenvalue weighted by atomic mass is 10.1. The molecule has 0 spiro atoms. The summed E-state index contributed by atoms with van der Waals surface area (Å²) in [5.41, 5.74) is 3.12. The van der Waals surface area contributed by atoms with Crippen molar-refractivity contribution < 1.29 is 14.4 Å². The maximum absolute atomic E-state index is 12.2. The van der Waals surface area contributed by atoms with Gasteiger partial charge in [-0.25, -0.2) is 0 Å². The molecule has 2 N–H and O–H groups in total. The number of rotatable bonds is 6. The number of ether oxygens (including phenoxy) is 1. The van der Waals surface area contributed by atoms with Crippen LogP contribution in [0.1, 0.15) is 16.7 Å². The van der Waals surface area contributed by atoms with Gasteiger partial charge in [0.15, 0.2) is 0 Å². The Morgan fingerprint density at radius 3 is 2.59 bits per heavy atom. The van der Waals surface area contributed by atoms with Gasteiger partial charge in [-0.2, -0.15) is 0 Å². The summed E-state index contributed by atoms with van der Waals surface area (Å²) in [6.07, 6.45) is 3.15. The van der Waals surface area contributed by atoms with E-state index in [1.165, 1.54) is 16.5 Å². The van der Waals surface area contributed by atoms with Gasteiger partial charge in [0, 0.05) is 18.2 Å². The zero-order chi connectivity index (χ0) is 19.1. The molecule has 0 saturated carbocycles. The number of amides is 1. The monoisotopic (exact) mass is 405 g/mol. The Bertz CT molecular complexity index is 818. The average Bonchev–Trinajstić information content (AvgIpc) is 2.69. The normalized spacial score (nSPS) is 15.2. The summed E-state index contributed by atoms with van der Waals surface area (Å²) in [6.45, 7) is 5.10. The topological polar surface area (TPSA) is 42.8 Å². The smallest absolute Gasteiger partial charge is 0.244 e. The van der Waals surface area contributed by atoms with Gasteiger partial charge in [-0.3, -0.25) is 4.79 Å². The van der Waals surface area contributed by atoms with Crippen LogP contribution in [-0.4, -0.2) is 32.2 Å². The second-order valence-electron chi connectivity index (χ2n) is 6.50. The molecule has 0 unspecified atom stereocenters. The molecule has 0 radical (unpaired) electrons. The van der Waals surface area contributed by atoms with Gasteiger partial charge in [-0.15, -0.1) is 0 Å². The molecule has 1 saturated heterocycles. The van der Waals surface area contributed by atoms with E-state index in [0.29, 0.717) is 16.6 Å². The summed E-state index contributed by atoms with van der Waals surface area (Å²) in [7, 11) is 0. The highest BCUT2D eigenvalue weighted by Gasteiger charge is 2.16. The Kier molecular flexibility index (Phi) is 7.30. The van der Waals surface area contributed by atoms with Crippen LogP contribution in [0.25, 0.3) is 6.08 Å². The maximum Gasteiger partial charge on any atom is 0.244 e. The van der Waals surface area contributed by atoms with Crippen molar-refractivity contribution in [2.24, 2.45) is 0 Å². The van der Waals surface area contributed by atoms with E-state index in [1.807, 2.05) is 18.2 Å².